The molecule has 2 saturated heterocycles. The summed E-state index contributed by atoms with van der Waals surface area (Å²) in [5.74, 6) is 0.402. The van der Waals surface area contributed by atoms with Crippen molar-refractivity contribution in [2.24, 2.45) is 0 Å². The second-order valence-electron chi connectivity index (χ2n) is 7.57. The smallest absolute Gasteiger partial charge is 0.271 e. The van der Waals surface area contributed by atoms with E-state index in [1.54, 1.807) is 6.20 Å². The molecule has 0 atom stereocenters. The number of benzene rings is 1. The average molecular weight is 400 g/mol. The lowest BCUT2D eigenvalue weighted by Crippen LogP contribution is -2.44. The van der Waals surface area contributed by atoms with Crippen LogP contribution in [0.3, 0.4) is 0 Å². The van der Waals surface area contributed by atoms with Gasteiger partial charge in [-0.1, -0.05) is 41.9 Å². The van der Waals surface area contributed by atoms with Gasteiger partial charge in [0.2, 0.25) is 5.95 Å². The fraction of sp³-hybridized carbons (Fsp3) is 0.476. The Bertz CT molecular complexity index is 802. The highest BCUT2D eigenvalue weighted by Gasteiger charge is 2.24. The fourth-order valence-corrected chi connectivity index (χ4v) is 4.09. The van der Waals surface area contributed by atoms with E-state index in [1.807, 2.05) is 6.07 Å². The molecule has 28 heavy (non-hydrogen) atoms. The number of nitrogens with one attached hydrogen (secondary N) is 1. The maximum atomic E-state index is 12.8. The molecule has 3 heterocycles. The van der Waals surface area contributed by atoms with Crippen molar-refractivity contribution in [3.8, 4) is 0 Å². The number of amides is 1. The van der Waals surface area contributed by atoms with Crippen LogP contribution in [0.4, 0.5) is 5.95 Å². The molecule has 2 fully saturated rings. The van der Waals surface area contributed by atoms with Gasteiger partial charge in [0.05, 0.1) is 11.2 Å². The number of hydrogen-bond donors (Lipinski definition) is 1. The Hall–Kier alpha value is -2.18. The van der Waals surface area contributed by atoms with Crippen molar-refractivity contribution in [2.75, 3.05) is 31.1 Å². The van der Waals surface area contributed by atoms with E-state index in [0.29, 0.717) is 11.0 Å². The van der Waals surface area contributed by atoms with Gasteiger partial charge in [0.1, 0.15) is 0 Å². The van der Waals surface area contributed by atoms with Crippen LogP contribution >= 0.6 is 11.6 Å². The zero-order valence-electron chi connectivity index (χ0n) is 16.0. The Balaban J connectivity index is 1.32. The van der Waals surface area contributed by atoms with E-state index < -0.39 is 0 Å². The number of likely N-dealkylation sites (tertiary alicyclic amines) is 1. The van der Waals surface area contributed by atoms with Crippen LogP contribution in [0.2, 0.25) is 5.02 Å². The largest absolute Gasteiger partial charge is 0.348 e. The first-order valence-corrected chi connectivity index (χ1v) is 10.4. The molecule has 2 aliphatic rings. The van der Waals surface area contributed by atoms with Crippen LogP contribution < -0.4 is 10.2 Å². The molecule has 1 amide bonds. The lowest BCUT2D eigenvalue weighted by Gasteiger charge is -2.32. The molecule has 2 aromatic rings. The molecular weight excluding hydrogens is 374 g/mol. The molecule has 1 aromatic carbocycles. The third kappa shape index (κ3) is 4.62. The summed E-state index contributed by atoms with van der Waals surface area (Å²) >= 11 is 6.22. The fourth-order valence-electron chi connectivity index (χ4n) is 3.92. The van der Waals surface area contributed by atoms with Gasteiger partial charge < -0.3 is 10.2 Å². The zero-order chi connectivity index (χ0) is 19.3. The number of hydrogen-bond acceptors (Lipinski definition) is 5. The summed E-state index contributed by atoms with van der Waals surface area (Å²) < 4.78 is 0. The van der Waals surface area contributed by atoms with Crippen LogP contribution in [0.1, 0.15) is 41.7 Å². The van der Waals surface area contributed by atoms with Crippen LogP contribution in [-0.4, -0.2) is 53.0 Å². The number of carbonyl (C=O) groups excluding carboxylic acids is 1. The number of halogens is 1. The molecule has 0 bridgehead atoms. The molecule has 0 saturated carbocycles. The first-order chi connectivity index (χ1) is 13.7. The molecule has 4 rings (SSSR count). The minimum Gasteiger partial charge on any atom is -0.348 e. The van der Waals surface area contributed by atoms with E-state index in [9.17, 15) is 4.79 Å². The molecule has 148 valence electrons. The first kappa shape index (κ1) is 19.2. The van der Waals surface area contributed by atoms with Crippen molar-refractivity contribution < 1.29 is 4.79 Å². The third-order valence-electron chi connectivity index (χ3n) is 5.51. The maximum absolute atomic E-state index is 12.8. The standard InChI is InChI=1S/C21H26ClN5O/c22-18-14-23-21(27-10-4-5-11-27)25-19(18)20(28)24-17-8-12-26(13-9-17)15-16-6-2-1-3-7-16/h1-3,6-7,14,17H,4-5,8-13,15H2,(H,24,28). The number of anilines is 1. The molecule has 1 N–H and O–H groups in total. The molecule has 0 unspecified atom stereocenters. The van der Waals surface area contributed by atoms with Gasteiger partial charge in [-0.3, -0.25) is 9.69 Å². The minimum atomic E-state index is -0.200. The second kappa shape index (κ2) is 8.88. The highest BCUT2D eigenvalue weighted by atomic mass is 35.5. The monoisotopic (exact) mass is 399 g/mol. The normalized spacial score (nSPS) is 18.4. The van der Waals surface area contributed by atoms with E-state index in [2.05, 4.69) is 49.4 Å². The van der Waals surface area contributed by atoms with E-state index >= 15 is 0 Å². The molecule has 0 spiro atoms. The van der Waals surface area contributed by atoms with Gasteiger partial charge in [-0.05, 0) is 31.2 Å². The Kier molecular flexibility index (Phi) is 6.07. The van der Waals surface area contributed by atoms with Crippen LogP contribution in [0, 0.1) is 0 Å². The highest BCUT2D eigenvalue weighted by molar-refractivity contribution is 6.33. The molecule has 0 radical (unpaired) electrons. The van der Waals surface area contributed by atoms with Gasteiger partial charge in [0, 0.05) is 38.8 Å². The quantitative estimate of drug-likeness (QED) is 0.836. The summed E-state index contributed by atoms with van der Waals surface area (Å²) in [6.45, 7) is 4.76. The van der Waals surface area contributed by atoms with Gasteiger partial charge in [-0.2, -0.15) is 0 Å². The number of rotatable bonds is 5. The lowest BCUT2D eigenvalue weighted by atomic mass is 10.0. The molecule has 6 nitrogen and oxygen atoms in total. The summed E-state index contributed by atoms with van der Waals surface area (Å²) in [4.78, 5) is 26.0. The Morgan fingerprint density at radius 3 is 2.54 bits per heavy atom. The van der Waals surface area contributed by atoms with E-state index in [1.165, 1.54) is 5.56 Å². The Morgan fingerprint density at radius 2 is 1.82 bits per heavy atom. The van der Waals surface area contributed by atoms with Gasteiger partial charge >= 0.3 is 0 Å². The van der Waals surface area contributed by atoms with Gasteiger partial charge in [-0.15, -0.1) is 0 Å². The number of aromatic nitrogens is 2. The predicted molar refractivity (Wildman–Crippen MR) is 111 cm³/mol. The van der Waals surface area contributed by atoms with Gasteiger partial charge in [0.25, 0.3) is 5.91 Å². The van der Waals surface area contributed by atoms with E-state index in [-0.39, 0.29) is 17.6 Å². The average Bonchev–Trinajstić information content (AvgIpc) is 3.25. The maximum Gasteiger partial charge on any atom is 0.271 e. The second-order valence-corrected chi connectivity index (χ2v) is 7.98. The SMILES string of the molecule is O=C(NC1CCN(Cc2ccccc2)CC1)c1nc(N2CCCC2)ncc1Cl. The highest BCUT2D eigenvalue weighted by Crippen LogP contribution is 2.21. The zero-order valence-corrected chi connectivity index (χ0v) is 16.7. The van der Waals surface area contributed by atoms with Crippen molar-refractivity contribution >= 4 is 23.5 Å². The van der Waals surface area contributed by atoms with Crippen LogP contribution in [0.5, 0.6) is 0 Å². The molecule has 2 aliphatic heterocycles. The summed E-state index contributed by atoms with van der Waals surface area (Å²) in [5, 5.41) is 3.43. The van der Waals surface area contributed by atoms with Crippen molar-refractivity contribution in [1.29, 1.82) is 0 Å². The van der Waals surface area contributed by atoms with Gasteiger partial charge in [-0.25, -0.2) is 9.97 Å². The number of carbonyl (C=O) groups is 1. The first-order valence-electron chi connectivity index (χ1n) is 10.0. The summed E-state index contributed by atoms with van der Waals surface area (Å²) in [5.41, 5.74) is 1.61. The Labute approximate surface area is 170 Å². The summed E-state index contributed by atoms with van der Waals surface area (Å²) in [6, 6.07) is 10.7. The third-order valence-corrected chi connectivity index (χ3v) is 5.78. The van der Waals surface area contributed by atoms with Crippen molar-refractivity contribution in [3.63, 3.8) is 0 Å². The van der Waals surface area contributed by atoms with Crippen molar-refractivity contribution in [1.82, 2.24) is 20.2 Å². The lowest BCUT2D eigenvalue weighted by molar-refractivity contribution is 0.0904. The number of nitrogens with zero attached hydrogens (tertiary/aromatic N) is 4. The van der Waals surface area contributed by atoms with Crippen LogP contribution in [0.25, 0.3) is 0 Å². The summed E-state index contributed by atoms with van der Waals surface area (Å²) in [6.07, 6.45) is 5.67. The number of piperidine rings is 1. The molecular formula is C21H26ClN5O. The minimum absolute atomic E-state index is 0.154. The van der Waals surface area contributed by atoms with Crippen LogP contribution in [0.15, 0.2) is 36.5 Å². The molecule has 0 aliphatic carbocycles. The van der Waals surface area contributed by atoms with Crippen molar-refractivity contribution in [2.45, 2.75) is 38.3 Å². The molecule has 1 aromatic heterocycles. The van der Waals surface area contributed by atoms with Crippen molar-refractivity contribution in [3.05, 3.63) is 52.8 Å². The topological polar surface area (TPSA) is 61.4 Å². The predicted octanol–water partition coefficient (Wildman–Crippen LogP) is 3.12. The van der Waals surface area contributed by atoms with Crippen LogP contribution in [-0.2, 0) is 6.54 Å². The van der Waals surface area contributed by atoms with E-state index in [4.69, 9.17) is 11.6 Å². The Morgan fingerprint density at radius 1 is 1.11 bits per heavy atom. The van der Waals surface area contributed by atoms with E-state index in [0.717, 1.165) is 58.4 Å². The molecule has 7 heteroatoms. The van der Waals surface area contributed by atoms with Gasteiger partial charge in [0.15, 0.2) is 5.69 Å². The summed E-state index contributed by atoms with van der Waals surface area (Å²) in [7, 11) is 0.